The number of rotatable bonds is 6. The van der Waals surface area contributed by atoms with E-state index in [1.54, 1.807) is 31.8 Å². The van der Waals surface area contributed by atoms with Crippen molar-refractivity contribution in [3.63, 3.8) is 0 Å². The van der Waals surface area contributed by atoms with Gasteiger partial charge in [-0.25, -0.2) is 23.2 Å². The zero-order valence-corrected chi connectivity index (χ0v) is 21.8. The molecule has 0 unspecified atom stereocenters. The molecular formula is C24H22F3N7O4S. The predicted molar refractivity (Wildman–Crippen MR) is 129 cm³/mol. The van der Waals surface area contributed by atoms with Crippen LogP contribution in [0.3, 0.4) is 0 Å². The van der Waals surface area contributed by atoms with Crippen molar-refractivity contribution in [2.24, 2.45) is 12.5 Å². The van der Waals surface area contributed by atoms with E-state index in [4.69, 9.17) is 5.73 Å². The molecule has 0 aliphatic heterocycles. The third kappa shape index (κ3) is 4.20. The molecule has 3 aromatic rings. The molecule has 0 amide bonds. The lowest BCUT2D eigenvalue weighted by atomic mass is 9.40. The standard InChI is InChI=1S/C24H22F3N7O4S/c1-13-4-5-15(6-16(13)18-7-30-20(29)19(31-18)17-8-33(3)32-14(17)2)39(36,37)34(38-21(35)24(25,26)27)23-9-22(10-23,11-23)12-28/h4-8H,9-11H2,1-3H3,(H2,29,30). The van der Waals surface area contributed by atoms with Crippen molar-refractivity contribution in [3.8, 4) is 28.6 Å². The molecule has 0 saturated heterocycles. The van der Waals surface area contributed by atoms with Crippen LogP contribution in [0.4, 0.5) is 19.0 Å². The summed E-state index contributed by atoms with van der Waals surface area (Å²) >= 11 is 0. The Morgan fingerprint density at radius 3 is 2.46 bits per heavy atom. The van der Waals surface area contributed by atoms with Gasteiger partial charge in [-0.05, 0) is 55.3 Å². The number of aromatic nitrogens is 4. The fraction of sp³-hybridized carbons (Fsp3) is 0.375. The molecular weight excluding hydrogens is 539 g/mol. The number of alkyl halides is 3. The summed E-state index contributed by atoms with van der Waals surface area (Å²) in [6.45, 7) is 3.46. The van der Waals surface area contributed by atoms with Crippen molar-refractivity contribution in [3.05, 3.63) is 41.9 Å². The van der Waals surface area contributed by atoms with Crippen molar-refractivity contribution in [1.82, 2.24) is 24.2 Å². The normalized spacial score (nSPS) is 22.1. The van der Waals surface area contributed by atoms with Gasteiger partial charge >= 0.3 is 12.1 Å². The lowest BCUT2D eigenvalue weighted by Gasteiger charge is -2.68. The molecule has 2 bridgehead atoms. The predicted octanol–water partition coefficient (Wildman–Crippen LogP) is 3.20. The topological polar surface area (TPSA) is 157 Å². The number of aryl methyl sites for hydroxylation is 3. The van der Waals surface area contributed by atoms with Crippen LogP contribution in [0.15, 0.2) is 35.5 Å². The van der Waals surface area contributed by atoms with E-state index in [2.05, 4.69) is 19.9 Å². The van der Waals surface area contributed by atoms with Crippen molar-refractivity contribution in [2.45, 2.75) is 49.7 Å². The minimum atomic E-state index is -5.43. The highest BCUT2D eigenvalue weighted by molar-refractivity contribution is 7.89. The number of anilines is 1. The van der Waals surface area contributed by atoms with Gasteiger partial charge < -0.3 is 10.6 Å². The number of halogens is 3. The zero-order chi connectivity index (χ0) is 28.5. The SMILES string of the molecule is Cc1ccc(S(=O)(=O)N(OC(=O)C(F)(F)F)C23CC(C#N)(C2)C3)cc1-c1cnc(N)c(-c2cn(C)nc2C)n1. The number of hydrogen-bond acceptors (Lipinski definition) is 9. The van der Waals surface area contributed by atoms with Gasteiger partial charge in [0.15, 0.2) is 0 Å². The summed E-state index contributed by atoms with van der Waals surface area (Å²) in [6, 6.07) is 5.93. The average molecular weight is 562 g/mol. The maximum absolute atomic E-state index is 13.7. The van der Waals surface area contributed by atoms with E-state index in [0.29, 0.717) is 28.1 Å². The first-order chi connectivity index (χ1) is 18.1. The molecule has 0 radical (unpaired) electrons. The van der Waals surface area contributed by atoms with Crippen LogP contribution in [0, 0.1) is 30.6 Å². The summed E-state index contributed by atoms with van der Waals surface area (Å²) < 4.78 is 68.2. The first kappa shape index (κ1) is 26.6. The Morgan fingerprint density at radius 2 is 1.90 bits per heavy atom. The Kier molecular flexibility index (Phi) is 5.78. The molecule has 2 heterocycles. The molecule has 6 rings (SSSR count). The monoisotopic (exact) mass is 561 g/mol. The Morgan fingerprint density at radius 1 is 1.23 bits per heavy atom. The Balaban J connectivity index is 1.57. The highest BCUT2D eigenvalue weighted by atomic mass is 32.2. The van der Waals surface area contributed by atoms with E-state index in [1.165, 1.54) is 24.4 Å². The van der Waals surface area contributed by atoms with Crippen LogP contribution in [0.25, 0.3) is 22.5 Å². The Bertz CT molecular complexity index is 1660. The summed E-state index contributed by atoms with van der Waals surface area (Å²) in [5, 5.41) is 13.6. The number of benzene rings is 1. The summed E-state index contributed by atoms with van der Waals surface area (Å²) in [4.78, 5) is 24.5. The van der Waals surface area contributed by atoms with Crippen LogP contribution < -0.4 is 5.73 Å². The van der Waals surface area contributed by atoms with E-state index in [0.717, 1.165) is 0 Å². The van der Waals surface area contributed by atoms with Crippen LogP contribution in [0.2, 0.25) is 0 Å². The van der Waals surface area contributed by atoms with Crippen LogP contribution in [-0.4, -0.2) is 50.3 Å². The second-order valence-electron chi connectivity index (χ2n) is 10.0. The lowest BCUT2D eigenvalue weighted by molar-refractivity contribution is -0.282. The molecule has 2 aromatic heterocycles. The highest BCUT2D eigenvalue weighted by Gasteiger charge is 2.75. The van der Waals surface area contributed by atoms with Crippen molar-refractivity contribution in [1.29, 1.82) is 5.26 Å². The van der Waals surface area contributed by atoms with Crippen LogP contribution in [-0.2, 0) is 26.7 Å². The summed E-state index contributed by atoms with van der Waals surface area (Å²) in [7, 11) is -3.07. The first-order valence-corrected chi connectivity index (χ1v) is 13.0. The minimum Gasteiger partial charge on any atom is -0.382 e. The fourth-order valence-electron chi connectivity index (χ4n) is 5.27. The van der Waals surface area contributed by atoms with E-state index in [9.17, 15) is 31.6 Å². The number of nitrogens with zero attached hydrogens (tertiary/aromatic N) is 6. The quantitative estimate of drug-likeness (QED) is 0.446. The highest BCUT2D eigenvalue weighted by Crippen LogP contribution is 2.70. The second kappa shape index (κ2) is 8.48. The van der Waals surface area contributed by atoms with Gasteiger partial charge in [-0.1, -0.05) is 6.07 Å². The molecule has 3 saturated carbocycles. The average Bonchev–Trinajstić information content (AvgIpc) is 3.14. The van der Waals surface area contributed by atoms with Crippen molar-refractivity contribution >= 4 is 21.8 Å². The fourth-order valence-corrected chi connectivity index (χ4v) is 6.83. The number of hydroxylamine groups is 1. The van der Waals surface area contributed by atoms with Gasteiger partial charge in [-0.2, -0.15) is 23.5 Å². The third-order valence-corrected chi connectivity index (χ3v) is 8.84. The molecule has 39 heavy (non-hydrogen) atoms. The molecule has 0 spiro atoms. The Hall–Kier alpha value is -4.03. The maximum atomic E-state index is 13.7. The largest absolute Gasteiger partial charge is 0.492 e. The molecule has 3 aliphatic carbocycles. The van der Waals surface area contributed by atoms with Gasteiger partial charge in [0.25, 0.3) is 10.0 Å². The number of nitrogen functional groups attached to an aromatic ring is 1. The second-order valence-corrected chi connectivity index (χ2v) is 11.8. The smallest absolute Gasteiger partial charge is 0.382 e. The Labute approximate surface area is 221 Å². The molecule has 3 fully saturated rings. The number of carbonyl (C=O) groups is 1. The van der Waals surface area contributed by atoms with Crippen molar-refractivity contribution in [2.75, 3.05) is 5.73 Å². The van der Waals surface area contributed by atoms with Gasteiger partial charge in [0.1, 0.15) is 11.5 Å². The number of sulfonamides is 1. The van der Waals surface area contributed by atoms with E-state index >= 15 is 0 Å². The van der Waals surface area contributed by atoms with Gasteiger partial charge in [-0.3, -0.25) is 4.68 Å². The van der Waals surface area contributed by atoms with Gasteiger partial charge in [0.2, 0.25) is 0 Å². The van der Waals surface area contributed by atoms with Crippen LogP contribution >= 0.6 is 0 Å². The number of nitrogens with two attached hydrogens (primary N) is 1. The molecule has 3 aliphatic rings. The zero-order valence-electron chi connectivity index (χ0n) is 20.9. The lowest BCUT2D eigenvalue weighted by Crippen LogP contribution is -2.75. The van der Waals surface area contributed by atoms with Gasteiger partial charge in [0, 0.05) is 24.4 Å². The number of hydrogen-bond donors (Lipinski definition) is 1. The third-order valence-electron chi connectivity index (χ3n) is 7.09. The van der Waals surface area contributed by atoms with E-state index < -0.39 is 38.0 Å². The van der Waals surface area contributed by atoms with E-state index in [1.807, 2.05) is 6.07 Å². The van der Waals surface area contributed by atoms with Crippen LogP contribution in [0.5, 0.6) is 0 Å². The van der Waals surface area contributed by atoms with Gasteiger partial charge in [-0.15, -0.1) is 0 Å². The summed E-state index contributed by atoms with van der Waals surface area (Å²) in [5.74, 6) is -2.55. The molecule has 204 valence electrons. The molecule has 11 nitrogen and oxygen atoms in total. The van der Waals surface area contributed by atoms with E-state index in [-0.39, 0.29) is 35.2 Å². The maximum Gasteiger partial charge on any atom is 0.492 e. The number of nitriles is 1. The molecule has 15 heteroatoms. The first-order valence-electron chi connectivity index (χ1n) is 11.6. The molecule has 0 atom stereocenters. The summed E-state index contributed by atoms with van der Waals surface area (Å²) in [6.07, 6.45) is -2.51. The summed E-state index contributed by atoms with van der Waals surface area (Å²) in [5.41, 5.74) is 6.54. The number of carbonyl (C=O) groups excluding carboxylic acids is 1. The molecule has 1 aromatic carbocycles. The van der Waals surface area contributed by atoms with Crippen molar-refractivity contribution < 1.29 is 31.2 Å². The minimum absolute atomic E-state index is 0.0448. The van der Waals surface area contributed by atoms with Gasteiger partial charge in [0.05, 0.1) is 39.5 Å². The molecule has 2 N–H and O–H groups in total. The van der Waals surface area contributed by atoms with Crippen LogP contribution in [0.1, 0.15) is 30.5 Å².